The monoisotopic (exact) mass is 274 g/mol. The smallest absolute Gasteiger partial charge is 0.145 e. The maximum atomic E-state index is 5.56. The molecule has 0 radical (unpaired) electrons. The van der Waals surface area contributed by atoms with Gasteiger partial charge >= 0.3 is 0 Å². The molecule has 6 heteroatoms. The van der Waals surface area contributed by atoms with Crippen LogP contribution in [0.4, 0.5) is 11.6 Å². The van der Waals surface area contributed by atoms with Crippen LogP contribution < -0.4 is 16.2 Å². The molecule has 20 heavy (non-hydrogen) atoms. The van der Waals surface area contributed by atoms with Gasteiger partial charge in [-0.15, -0.1) is 0 Å². The molecule has 4 rings (SSSR count). The van der Waals surface area contributed by atoms with E-state index in [1.54, 1.807) is 0 Å². The molecule has 0 amide bonds. The van der Waals surface area contributed by atoms with Crippen LogP contribution in [0, 0.1) is 0 Å². The van der Waals surface area contributed by atoms with Gasteiger partial charge in [-0.05, 0) is 32.2 Å². The van der Waals surface area contributed by atoms with E-state index in [9.17, 15) is 0 Å². The Labute approximate surface area is 119 Å². The summed E-state index contributed by atoms with van der Waals surface area (Å²) < 4.78 is 0. The van der Waals surface area contributed by atoms with Crippen molar-refractivity contribution in [1.82, 2.24) is 14.9 Å². The molecule has 1 aromatic rings. The Hall–Kier alpha value is -1.40. The van der Waals surface area contributed by atoms with Gasteiger partial charge in [0.15, 0.2) is 0 Å². The largest absolute Gasteiger partial charge is 0.354 e. The van der Waals surface area contributed by atoms with Crippen molar-refractivity contribution < 1.29 is 0 Å². The molecule has 6 nitrogen and oxygen atoms in total. The minimum Gasteiger partial charge on any atom is -0.354 e. The SMILES string of the molecule is NNc1cc(N2CCN3CCCC3C2)nc(C2CC2)n1. The van der Waals surface area contributed by atoms with E-state index in [0.717, 1.165) is 37.1 Å². The third-order valence-corrected chi connectivity index (χ3v) is 4.73. The highest BCUT2D eigenvalue weighted by molar-refractivity contribution is 5.50. The normalized spacial score (nSPS) is 26.6. The van der Waals surface area contributed by atoms with Crippen LogP contribution in [0.2, 0.25) is 0 Å². The number of aromatic nitrogens is 2. The number of hydrogen-bond acceptors (Lipinski definition) is 6. The molecule has 3 N–H and O–H groups in total. The van der Waals surface area contributed by atoms with E-state index in [2.05, 4.69) is 20.2 Å². The Morgan fingerprint density at radius 3 is 2.85 bits per heavy atom. The van der Waals surface area contributed by atoms with Gasteiger partial charge in [-0.1, -0.05) is 0 Å². The highest BCUT2D eigenvalue weighted by Gasteiger charge is 2.32. The van der Waals surface area contributed by atoms with Crippen molar-refractivity contribution in [2.75, 3.05) is 36.5 Å². The lowest BCUT2D eigenvalue weighted by Gasteiger charge is -2.38. The van der Waals surface area contributed by atoms with Crippen molar-refractivity contribution in [3.05, 3.63) is 11.9 Å². The molecule has 1 aliphatic carbocycles. The van der Waals surface area contributed by atoms with Crippen molar-refractivity contribution in [2.45, 2.75) is 37.6 Å². The summed E-state index contributed by atoms with van der Waals surface area (Å²) in [6, 6.07) is 2.69. The van der Waals surface area contributed by atoms with Crippen LogP contribution >= 0.6 is 0 Å². The zero-order valence-electron chi connectivity index (χ0n) is 11.8. The third-order valence-electron chi connectivity index (χ3n) is 4.73. The van der Waals surface area contributed by atoms with E-state index in [0.29, 0.717) is 12.0 Å². The van der Waals surface area contributed by atoms with Crippen LogP contribution in [0.5, 0.6) is 0 Å². The summed E-state index contributed by atoms with van der Waals surface area (Å²) in [6.07, 6.45) is 5.08. The fourth-order valence-corrected chi connectivity index (χ4v) is 3.41. The first-order chi connectivity index (χ1) is 9.83. The fraction of sp³-hybridized carbons (Fsp3) is 0.714. The zero-order valence-corrected chi connectivity index (χ0v) is 11.8. The van der Waals surface area contributed by atoms with Gasteiger partial charge in [0.1, 0.15) is 17.5 Å². The first-order valence-corrected chi connectivity index (χ1v) is 7.68. The Balaban J connectivity index is 1.59. The van der Waals surface area contributed by atoms with Crippen molar-refractivity contribution in [1.29, 1.82) is 0 Å². The average molecular weight is 274 g/mol. The topological polar surface area (TPSA) is 70.3 Å². The molecule has 3 aliphatic rings. The van der Waals surface area contributed by atoms with Crippen molar-refractivity contribution in [3.8, 4) is 0 Å². The first-order valence-electron chi connectivity index (χ1n) is 7.68. The molecular formula is C14H22N6. The predicted octanol–water partition coefficient (Wildman–Crippen LogP) is 0.924. The van der Waals surface area contributed by atoms with Gasteiger partial charge in [-0.2, -0.15) is 0 Å². The minimum absolute atomic E-state index is 0.551. The van der Waals surface area contributed by atoms with E-state index >= 15 is 0 Å². The fourth-order valence-electron chi connectivity index (χ4n) is 3.41. The van der Waals surface area contributed by atoms with Gasteiger partial charge in [0, 0.05) is 37.7 Å². The summed E-state index contributed by atoms with van der Waals surface area (Å²) >= 11 is 0. The number of hydrogen-bond donors (Lipinski definition) is 2. The lowest BCUT2D eigenvalue weighted by atomic mass is 10.1. The molecule has 1 saturated carbocycles. The lowest BCUT2D eigenvalue weighted by Crippen LogP contribution is -2.50. The quantitative estimate of drug-likeness (QED) is 0.631. The van der Waals surface area contributed by atoms with Crippen LogP contribution in [0.1, 0.15) is 37.4 Å². The number of anilines is 2. The summed E-state index contributed by atoms with van der Waals surface area (Å²) in [5, 5.41) is 0. The Kier molecular flexibility index (Phi) is 3.00. The number of nitrogens with two attached hydrogens (primary N) is 1. The maximum Gasteiger partial charge on any atom is 0.145 e. The number of nitrogen functional groups attached to an aromatic ring is 1. The summed E-state index contributed by atoms with van der Waals surface area (Å²) in [5.41, 5.74) is 2.69. The molecule has 3 heterocycles. The molecule has 3 fully saturated rings. The van der Waals surface area contributed by atoms with E-state index in [1.165, 1.54) is 32.2 Å². The predicted molar refractivity (Wildman–Crippen MR) is 78.6 cm³/mol. The molecule has 1 atom stereocenters. The van der Waals surface area contributed by atoms with E-state index in [-0.39, 0.29) is 0 Å². The van der Waals surface area contributed by atoms with Gasteiger partial charge in [0.05, 0.1) is 0 Å². The van der Waals surface area contributed by atoms with E-state index in [1.807, 2.05) is 6.07 Å². The third kappa shape index (κ3) is 2.23. The van der Waals surface area contributed by atoms with Gasteiger partial charge in [0.25, 0.3) is 0 Å². The standard InChI is InChI=1S/C14H22N6/c15-18-12-8-13(17-14(16-12)10-3-4-10)20-7-6-19-5-1-2-11(19)9-20/h8,10-11H,1-7,9,15H2,(H,16,17,18). The number of fused-ring (bicyclic) bond motifs is 1. The molecule has 0 bridgehead atoms. The molecule has 2 aliphatic heterocycles. The van der Waals surface area contributed by atoms with Crippen LogP contribution in [0.25, 0.3) is 0 Å². The maximum absolute atomic E-state index is 5.56. The second kappa shape index (κ2) is 4.86. The zero-order chi connectivity index (χ0) is 13.5. The molecule has 0 aromatic carbocycles. The Morgan fingerprint density at radius 1 is 1.15 bits per heavy atom. The molecule has 108 valence electrons. The van der Waals surface area contributed by atoms with Crippen molar-refractivity contribution in [3.63, 3.8) is 0 Å². The van der Waals surface area contributed by atoms with Crippen LogP contribution in [0.3, 0.4) is 0 Å². The molecule has 2 saturated heterocycles. The van der Waals surface area contributed by atoms with E-state index in [4.69, 9.17) is 10.8 Å². The summed E-state index contributed by atoms with van der Waals surface area (Å²) in [5.74, 6) is 8.85. The molecular weight excluding hydrogens is 252 g/mol. The Bertz CT molecular complexity index is 500. The summed E-state index contributed by atoms with van der Waals surface area (Å²) in [7, 11) is 0. The number of hydrazine groups is 1. The second-order valence-electron chi connectivity index (χ2n) is 6.17. The molecule has 1 unspecified atom stereocenters. The summed E-state index contributed by atoms with van der Waals surface area (Å²) in [6.45, 7) is 4.57. The lowest BCUT2D eigenvalue weighted by molar-refractivity contribution is 0.230. The number of rotatable bonds is 3. The van der Waals surface area contributed by atoms with Gasteiger partial charge in [-0.25, -0.2) is 15.8 Å². The molecule has 0 spiro atoms. The van der Waals surface area contributed by atoms with Crippen molar-refractivity contribution >= 4 is 11.6 Å². The highest BCUT2D eigenvalue weighted by atomic mass is 15.3. The second-order valence-corrected chi connectivity index (χ2v) is 6.17. The first kappa shape index (κ1) is 12.3. The Morgan fingerprint density at radius 2 is 2.05 bits per heavy atom. The number of piperazine rings is 1. The van der Waals surface area contributed by atoms with Gasteiger partial charge in [-0.3, -0.25) is 4.90 Å². The minimum atomic E-state index is 0.551. The highest BCUT2D eigenvalue weighted by Crippen LogP contribution is 2.39. The van der Waals surface area contributed by atoms with Gasteiger partial charge in [0.2, 0.25) is 0 Å². The van der Waals surface area contributed by atoms with E-state index < -0.39 is 0 Å². The van der Waals surface area contributed by atoms with Crippen LogP contribution in [-0.4, -0.2) is 47.1 Å². The van der Waals surface area contributed by atoms with Gasteiger partial charge < -0.3 is 10.3 Å². The molecule has 1 aromatic heterocycles. The van der Waals surface area contributed by atoms with Crippen LogP contribution in [0.15, 0.2) is 6.07 Å². The van der Waals surface area contributed by atoms with Crippen molar-refractivity contribution in [2.24, 2.45) is 5.84 Å². The number of nitrogens with one attached hydrogen (secondary N) is 1. The van der Waals surface area contributed by atoms with Crippen LogP contribution in [-0.2, 0) is 0 Å². The average Bonchev–Trinajstić information content (AvgIpc) is 3.24. The summed E-state index contributed by atoms with van der Waals surface area (Å²) in [4.78, 5) is 14.3. The number of nitrogens with zero attached hydrogens (tertiary/aromatic N) is 4.